The first-order chi connectivity index (χ1) is 11.4. The lowest BCUT2D eigenvalue weighted by molar-refractivity contribution is -0.147. The number of aromatic nitrogens is 1. The van der Waals surface area contributed by atoms with Gasteiger partial charge in [0.2, 0.25) is 5.91 Å². The van der Waals surface area contributed by atoms with Crippen molar-refractivity contribution in [3.8, 4) is 0 Å². The summed E-state index contributed by atoms with van der Waals surface area (Å²) in [7, 11) is 0. The average molecular weight is 351 g/mol. The summed E-state index contributed by atoms with van der Waals surface area (Å²) >= 11 is 1.72. The first kappa shape index (κ1) is 17.4. The number of nitrogens with zero attached hydrogens (tertiary/aromatic N) is 3. The SMILES string of the molecule is CCc1nc(CN2CCC3(CC2)C[C@H](C(=O)O)N(C(C)=O)C3)cs1. The molecule has 24 heavy (non-hydrogen) atoms. The van der Waals surface area contributed by atoms with Gasteiger partial charge in [-0.1, -0.05) is 6.92 Å². The summed E-state index contributed by atoms with van der Waals surface area (Å²) < 4.78 is 0. The molecule has 1 atom stereocenters. The second-order valence-corrected chi connectivity index (χ2v) is 8.01. The zero-order valence-corrected chi connectivity index (χ0v) is 15.1. The fourth-order valence-electron chi connectivity index (χ4n) is 3.97. The quantitative estimate of drug-likeness (QED) is 0.898. The van der Waals surface area contributed by atoms with Gasteiger partial charge >= 0.3 is 5.97 Å². The number of aliphatic carboxylic acids is 1. The standard InChI is InChI=1S/C17H25N3O3S/c1-3-15-18-13(10-24-15)9-19-6-4-17(5-7-19)8-14(16(22)23)20(11-17)12(2)21/h10,14H,3-9,11H2,1-2H3,(H,22,23)/t14-/m1/s1. The number of likely N-dealkylation sites (tertiary alicyclic amines) is 2. The molecule has 3 rings (SSSR count). The molecule has 1 spiro atoms. The lowest BCUT2D eigenvalue weighted by Gasteiger charge is -2.38. The fourth-order valence-corrected chi connectivity index (χ4v) is 4.70. The highest BCUT2D eigenvalue weighted by molar-refractivity contribution is 7.09. The van der Waals surface area contributed by atoms with Crippen LogP contribution in [0.2, 0.25) is 0 Å². The minimum Gasteiger partial charge on any atom is -0.480 e. The Morgan fingerprint density at radius 3 is 2.62 bits per heavy atom. The van der Waals surface area contributed by atoms with Gasteiger partial charge in [0.1, 0.15) is 6.04 Å². The van der Waals surface area contributed by atoms with Crippen molar-refractivity contribution in [1.82, 2.24) is 14.8 Å². The highest BCUT2D eigenvalue weighted by atomic mass is 32.1. The minimum atomic E-state index is -0.876. The number of carbonyl (C=O) groups is 2. The third-order valence-corrected chi connectivity index (χ3v) is 6.44. The molecule has 3 heterocycles. The molecule has 6 nitrogen and oxygen atoms in total. The van der Waals surface area contributed by atoms with Gasteiger partial charge in [-0.05, 0) is 44.2 Å². The highest BCUT2D eigenvalue weighted by Crippen LogP contribution is 2.43. The van der Waals surface area contributed by atoms with E-state index in [1.165, 1.54) is 11.9 Å². The molecule has 0 aromatic carbocycles. The maximum absolute atomic E-state index is 11.8. The molecular weight excluding hydrogens is 326 g/mol. The third kappa shape index (κ3) is 3.47. The van der Waals surface area contributed by atoms with E-state index in [1.807, 2.05) is 0 Å². The van der Waals surface area contributed by atoms with Crippen molar-refractivity contribution in [3.63, 3.8) is 0 Å². The maximum Gasteiger partial charge on any atom is 0.326 e. The molecule has 0 saturated carbocycles. The first-order valence-electron chi connectivity index (χ1n) is 8.58. The topological polar surface area (TPSA) is 73.7 Å². The molecular formula is C17H25N3O3S. The number of amides is 1. The van der Waals surface area contributed by atoms with Gasteiger partial charge in [-0.25, -0.2) is 9.78 Å². The van der Waals surface area contributed by atoms with Crippen molar-refractivity contribution in [3.05, 3.63) is 16.1 Å². The van der Waals surface area contributed by atoms with Gasteiger partial charge in [-0.3, -0.25) is 9.69 Å². The smallest absolute Gasteiger partial charge is 0.326 e. The van der Waals surface area contributed by atoms with Gasteiger partial charge in [0.15, 0.2) is 0 Å². The van der Waals surface area contributed by atoms with Crippen LogP contribution in [0.4, 0.5) is 0 Å². The Bertz CT molecular complexity index is 598. The molecule has 0 bridgehead atoms. The van der Waals surface area contributed by atoms with Crippen molar-refractivity contribution in [2.45, 2.75) is 52.1 Å². The van der Waals surface area contributed by atoms with E-state index in [1.54, 1.807) is 16.2 Å². The van der Waals surface area contributed by atoms with Gasteiger partial charge in [0, 0.05) is 25.4 Å². The van der Waals surface area contributed by atoms with Gasteiger partial charge in [-0.2, -0.15) is 0 Å². The van der Waals surface area contributed by atoms with E-state index in [0.29, 0.717) is 13.0 Å². The van der Waals surface area contributed by atoms with Crippen LogP contribution < -0.4 is 0 Å². The molecule has 7 heteroatoms. The lowest BCUT2D eigenvalue weighted by Crippen LogP contribution is -2.42. The van der Waals surface area contributed by atoms with Crippen LogP contribution in [-0.4, -0.2) is 57.4 Å². The summed E-state index contributed by atoms with van der Waals surface area (Å²) in [5.74, 6) is -1.00. The second kappa shape index (κ2) is 6.80. The number of rotatable bonds is 4. The monoisotopic (exact) mass is 351 g/mol. The van der Waals surface area contributed by atoms with E-state index >= 15 is 0 Å². The molecule has 1 N–H and O–H groups in total. The number of carboxylic acid groups (broad SMARTS) is 1. The van der Waals surface area contributed by atoms with Gasteiger partial charge in [0.05, 0.1) is 10.7 Å². The van der Waals surface area contributed by atoms with Crippen molar-refractivity contribution in [2.75, 3.05) is 19.6 Å². The molecule has 2 aliphatic rings. The van der Waals surface area contributed by atoms with Gasteiger partial charge in [-0.15, -0.1) is 11.3 Å². The summed E-state index contributed by atoms with van der Waals surface area (Å²) in [5.41, 5.74) is 1.11. The summed E-state index contributed by atoms with van der Waals surface area (Å²) in [6.07, 6.45) is 3.47. The number of hydrogen-bond acceptors (Lipinski definition) is 5. The lowest BCUT2D eigenvalue weighted by atomic mass is 9.76. The number of thiazole rings is 1. The molecule has 2 aliphatic heterocycles. The zero-order chi connectivity index (χ0) is 17.3. The molecule has 132 valence electrons. The predicted molar refractivity (Wildman–Crippen MR) is 91.9 cm³/mol. The van der Waals surface area contributed by atoms with E-state index in [0.717, 1.165) is 44.6 Å². The molecule has 1 amide bonds. The van der Waals surface area contributed by atoms with E-state index in [9.17, 15) is 14.7 Å². The molecule has 1 aromatic rings. The summed E-state index contributed by atoms with van der Waals surface area (Å²) in [6, 6.07) is -0.653. The van der Waals surface area contributed by atoms with Crippen LogP contribution in [0.25, 0.3) is 0 Å². The van der Waals surface area contributed by atoms with Crippen LogP contribution >= 0.6 is 11.3 Å². The number of piperidine rings is 1. The molecule has 0 unspecified atom stereocenters. The van der Waals surface area contributed by atoms with E-state index in [4.69, 9.17) is 0 Å². The normalized spacial score (nSPS) is 23.8. The van der Waals surface area contributed by atoms with Crippen molar-refractivity contribution in [1.29, 1.82) is 0 Å². The Labute approximate surface area is 146 Å². The second-order valence-electron chi connectivity index (χ2n) is 7.07. The van der Waals surface area contributed by atoms with Crippen LogP contribution in [0.5, 0.6) is 0 Å². The molecule has 2 saturated heterocycles. The van der Waals surface area contributed by atoms with Crippen molar-refractivity contribution >= 4 is 23.2 Å². The number of carbonyl (C=O) groups excluding carboxylic acids is 1. The Kier molecular flexibility index (Phi) is 4.92. The van der Waals surface area contributed by atoms with Gasteiger partial charge < -0.3 is 10.0 Å². The summed E-state index contributed by atoms with van der Waals surface area (Å²) in [4.78, 5) is 31.8. The van der Waals surface area contributed by atoms with Crippen LogP contribution in [0, 0.1) is 5.41 Å². The van der Waals surface area contributed by atoms with E-state index in [-0.39, 0.29) is 11.3 Å². The van der Waals surface area contributed by atoms with Crippen LogP contribution in [0.15, 0.2) is 5.38 Å². The summed E-state index contributed by atoms with van der Waals surface area (Å²) in [6.45, 7) is 6.92. The third-order valence-electron chi connectivity index (χ3n) is 5.40. The van der Waals surface area contributed by atoms with Crippen LogP contribution in [0.3, 0.4) is 0 Å². The van der Waals surface area contributed by atoms with E-state index in [2.05, 4.69) is 22.2 Å². The Morgan fingerprint density at radius 1 is 1.42 bits per heavy atom. The van der Waals surface area contributed by atoms with Crippen LogP contribution in [-0.2, 0) is 22.6 Å². The van der Waals surface area contributed by atoms with Crippen molar-refractivity contribution in [2.24, 2.45) is 5.41 Å². The Morgan fingerprint density at radius 2 is 2.12 bits per heavy atom. The van der Waals surface area contributed by atoms with Crippen molar-refractivity contribution < 1.29 is 14.7 Å². The predicted octanol–water partition coefficient (Wildman–Crippen LogP) is 1.99. The van der Waals surface area contributed by atoms with Crippen LogP contribution in [0.1, 0.15) is 43.8 Å². The Hall–Kier alpha value is -1.47. The fraction of sp³-hybridized carbons (Fsp3) is 0.706. The molecule has 0 radical (unpaired) electrons. The molecule has 2 fully saturated rings. The highest BCUT2D eigenvalue weighted by Gasteiger charge is 2.49. The molecule has 0 aliphatic carbocycles. The average Bonchev–Trinajstić information content (AvgIpc) is 3.15. The molecule has 1 aromatic heterocycles. The maximum atomic E-state index is 11.8. The van der Waals surface area contributed by atoms with E-state index < -0.39 is 12.0 Å². The number of carboxylic acids is 1. The number of aryl methyl sites for hydroxylation is 1. The zero-order valence-electron chi connectivity index (χ0n) is 14.3. The summed E-state index contributed by atoms with van der Waals surface area (Å²) in [5, 5.41) is 12.7. The Balaban J connectivity index is 1.60. The number of hydrogen-bond donors (Lipinski definition) is 1. The first-order valence-corrected chi connectivity index (χ1v) is 9.46. The minimum absolute atomic E-state index is 0.0259. The largest absolute Gasteiger partial charge is 0.480 e. The van der Waals surface area contributed by atoms with Gasteiger partial charge in [0.25, 0.3) is 0 Å².